The van der Waals surface area contributed by atoms with Gasteiger partial charge in [0.15, 0.2) is 0 Å². The molecule has 1 atom stereocenters. The molecule has 1 aromatic carbocycles. The van der Waals surface area contributed by atoms with Crippen LogP contribution in [0.4, 0.5) is 0 Å². The molecule has 0 fully saturated rings. The lowest BCUT2D eigenvalue weighted by Crippen LogP contribution is -1.97. The van der Waals surface area contributed by atoms with E-state index in [1.165, 1.54) is 8.45 Å². The summed E-state index contributed by atoms with van der Waals surface area (Å²) >= 11 is 17.3. The molecule has 0 bridgehead atoms. The van der Waals surface area contributed by atoms with E-state index in [1.54, 1.807) is 18.4 Å². The Labute approximate surface area is 145 Å². The van der Waals surface area contributed by atoms with E-state index in [4.69, 9.17) is 16.3 Å². The van der Waals surface area contributed by atoms with Crippen molar-refractivity contribution in [2.24, 2.45) is 0 Å². The number of thiophene rings is 1. The second kappa shape index (κ2) is 6.43. The summed E-state index contributed by atoms with van der Waals surface area (Å²) in [4.78, 5) is 0.0715. The van der Waals surface area contributed by atoms with Gasteiger partial charge in [-0.1, -0.05) is 27.5 Å². The molecule has 0 radical (unpaired) electrons. The molecule has 0 aliphatic carbocycles. The molecular weight excluding hydrogens is 514 g/mol. The summed E-state index contributed by atoms with van der Waals surface area (Å²) in [5.74, 6) is 0.808. The first-order valence-corrected chi connectivity index (χ1v) is 8.98. The third-order valence-electron chi connectivity index (χ3n) is 2.39. The largest absolute Gasteiger partial charge is 0.495 e. The monoisotopic (exact) mass is 520 g/mol. The van der Waals surface area contributed by atoms with Crippen molar-refractivity contribution in [3.63, 3.8) is 0 Å². The van der Waals surface area contributed by atoms with Crippen molar-refractivity contribution in [2.45, 2.75) is 4.83 Å². The summed E-state index contributed by atoms with van der Waals surface area (Å²) in [6.45, 7) is 0. The molecule has 0 N–H and O–H groups in total. The Morgan fingerprint density at radius 2 is 2.11 bits per heavy atom. The Bertz CT molecular complexity index is 573. The highest BCUT2D eigenvalue weighted by Gasteiger charge is 2.19. The summed E-state index contributed by atoms with van der Waals surface area (Å²) in [6.07, 6.45) is 0. The maximum atomic E-state index is 6.11. The third kappa shape index (κ3) is 3.23. The lowest BCUT2D eigenvalue weighted by molar-refractivity contribution is 0.408. The van der Waals surface area contributed by atoms with Crippen LogP contribution < -0.4 is 4.74 Å². The molecule has 0 aliphatic rings. The normalized spacial score (nSPS) is 12.5. The topological polar surface area (TPSA) is 9.23 Å². The fourth-order valence-corrected chi connectivity index (χ4v) is 4.79. The van der Waals surface area contributed by atoms with Crippen molar-refractivity contribution in [1.82, 2.24) is 0 Å². The Kier molecular flexibility index (Phi) is 5.40. The minimum absolute atomic E-state index is 0.0715. The van der Waals surface area contributed by atoms with E-state index >= 15 is 0 Å². The number of ether oxygens (including phenoxy) is 1. The van der Waals surface area contributed by atoms with Crippen molar-refractivity contribution < 1.29 is 4.74 Å². The first-order valence-electron chi connectivity index (χ1n) is 4.94. The van der Waals surface area contributed by atoms with Crippen LogP contribution in [0.2, 0.25) is 5.02 Å². The maximum absolute atomic E-state index is 6.11. The predicted octanol–water partition coefficient (Wildman–Crippen LogP) is 6.26. The Hall–Kier alpha value is 0.700. The number of halogens is 4. The molecule has 1 heterocycles. The van der Waals surface area contributed by atoms with Gasteiger partial charge in [0.2, 0.25) is 0 Å². The molecular formula is C12H8Br2ClIOS. The van der Waals surface area contributed by atoms with Crippen LogP contribution in [0, 0.1) is 2.88 Å². The van der Waals surface area contributed by atoms with Crippen molar-refractivity contribution in [3.05, 3.63) is 47.1 Å². The summed E-state index contributed by atoms with van der Waals surface area (Å²) in [5.41, 5.74) is 2.22. The van der Waals surface area contributed by atoms with Crippen LogP contribution in [0.5, 0.6) is 5.75 Å². The zero-order valence-corrected chi connectivity index (χ0v) is 16.1. The Morgan fingerprint density at radius 1 is 1.39 bits per heavy atom. The van der Waals surface area contributed by atoms with Crippen LogP contribution in [0.1, 0.15) is 16.0 Å². The molecule has 6 heteroatoms. The second-order valence-electron chi connectivity index (χ2n) is 3.56. The highest BCUT2D eigenvalue weighted by molar-refractivity contribution is 14.1. The molecule has 0 aliphatic heterocycles. The van der Waals surface area contributed by atoms with Gasteiger partial charge in [-0.2, -0.15) is 0 Å². The maximum Gasteiger partial charge on any atom is 0.137 e. The molecule has 0 spiro atoms. The van der Waals surface area contributed by atoms with E-state index in [1.807, 2.05) is 12.1 Å². The van der Waals surface area contributed by atoms with Gasteiger partial charge in [0.05, 0.1) is 19.3 Å². The van der Waals surface area contributed by atoms with Crippen LogP contribution >= 0.6 is 77.4 Å². The van der Waals surface area contributed by atoms with Gasteiger partial charge >= 0.3 is 0 Å². The van der Waals surface area contributed by atoms with Gasteiger partial charge in [-0.3, -0.25) is 0 Å². The van der Waals surface area contributed by atoms with Gasteiger partial charge in [0.1, 0.15) is 5.75 Å². The zero-order valence-electron chi connectivity index (χ0n) is 9.22. The van der Waals surface area contributed by atoms with E-state index in [9.17, 15) is 0 Å². The summed E-state index contributed by atoms with van der Waals surface area (Å²) in [6, 6.07) is 5.91. The van der Waals surface area contributed by atoms with Crippen LogP contribution in [-0.4, -0.2) is 7.11 Å². The second-order valence-corrected chi connectivity index (χ2v) is 8.57. The molecule has 18 heavy (non-hydrogen) atoms. The van der Waals surface area contributed by atoms with Gasteiger partial charge in [0.25, 0.3) is 0 Å². The average molecular weight is 522 g/mol. The summed E-state index contributed by atoms with van der Waals surface area (Å²) < 4.78 is 7.57. The van der Waals surface area contributed by atoms with Gasteiger partial charge < -0.3 is 4.74 Å². The van der Waals surface area contributed by atoms with E-state index in [0.29, 0.717) is 5.02 Å². The highest BCUT2D eigenvalue weighted by Crippen LogP contribution is 2.43. The fraction of sp³-hybridized carbons (Fsp3) is 0.167. The van der Waals surface area contributed by atoms with Crippen LogP contribution in [-0.2, 0) is 0 Å². The lowest BCUT2D eigenvalue weighted by atomic mass is 10.1. The number of alkyl halides is 1. The quantitative estimate of drug-likeness (QED) is 0.342. The minimum atomic E-state index is 0.0715. The third-order valence-corrected chi connectivity index (χ3v) is 6.03. The average Bonchev–Trinajstić information content (AvgIpc) is 2.74. The summed E-state index contributed by atoms with van der Waals surface area (Å²) in [5, 5.41) is 2.82. The highest BCUT2D eigenvalue weighted by atomic mass is 127. The van der Waals surface area contributed by atoms with Crippen molar-refractivity contribution in [2.75, 3.05) is 7.11 Å². The summed E-state index contributed by atoms with van der Waals surface area (Å²) in [7, 11) is 1.66. The number of hydrogen-bond donors (Lipinski definition) is 0. The molecule has 0 saturated carbocycles. The minimum Gasteiger partial charge on any atom is -0.495 e. The standard InChI is InChI=1S/C12H8Br2ClIOS/c1-17-12-8(3-7(15)4-9(12)13)11(14)6-2-10(16)18-5-6/h2-5,11H,1H3. The van der Waals surface area contributed by atoms with E-state index in [2.05, 4.69) is 65.9 Å². The molecule has 0 amide bonds. The molecule has 2 rings (SSSR count). The number of rotatable bonds is 3. The SMILES string of the molecule is COc1c(Br)cc(Cl)cc1C(Br)c1csc(I)c1. The van der Waals surface area contributed by atoms with Gasteiger partial charge in [0, 0.05) is 10.6 Å². The molecule has 1 nitrogen and oxygen atoms in total. The van der Waals surface area contributed by atoms with Crippen LogP contribution in [0.15, 0.2) is 28.1 Å². The lowest BCUT2D eigenvalue weighted by Gasteiger charge is -2.15. The molecule has 96 valence electrons. The Morgan fingerprint density at radius 3 is 2.67 bits per heavy atom. The first kappa shape index (κ1) is 15.1. The molecule has 2 aromatic rings. The van der Waals surface area contributed by atoms with Gasteiger partial charge in [-0.25, -0.2) is 0 Å². The van der Waals surface area contributed by atoms with Gasteiger partial charge in [-0.15, -0.1) is 11.3 Å². The van der Waals surface area contributed by atoms with E-state index in [-0.39, 0.29) is 4.83 Å². The van der Waals surface area contributed by atoms with E-state index < -0.39 is 0 Å². The fourth-order valence-electron chi connectivity index (χ4n) is 1.62. The van der Waals surface area contributed by atoms with Crippen molar-refractivity contribution in [3.8, 4) is 5.75 Å². The van der Waals surface area contributed by atoms with Crippen LogP contribution in [0.3, 0.4) is 0 Å². The molecule has 0 saturated heterocycles. The molecule has 1 aromatic heterocycles. The van der Waals surface area contributed by atoms with Crippen LogP contribution in [0.25, 0.3) is 0 Å². The number of hydrogen-bond acceptors (Lipinski definition) is 2. The number of methoxy groups -OCH3 is 1. The van der Waals surface area contributed by atoms with Crippen molar-refractivity contribution in [1.29, 1.82) is 0 Å². The number of benzene rings is 1. The smallest absolute Gasteiger partial charge is 0.137 e. The first-order chi connectivity index (χ1) is 8.52. The Balaban J connectivity index is 2.49. The van der Waals surface area contributed by atoms with Crippen molar-refractivity contribution >= 4 is 77.4 Å². The van der Waals surface area contributed by atoms with E-state index in [0.717, 1.165) is 15.8 Å². The molecule has 1 unspecified atom stereocenters. The predicted molar refractivity (Wildman–Crippen MR) is 93.5 cm³/mol. The zero-order chi connectivity index (χ0) is 13.3. The van der Waals surface area contributed by atoms with Gasteiger partial charge in [-0.05, 0) is 67.7 Å².